The Morgan fingerprint density at radius 1 is 1.14 bits per heavy atom. The molecule has 2 bridgehead atoms. The molecule has 120 valence electrons. The van der Waals surface area contributed by atoms with E-state index in [-0.39, 0.29) is 5.92 Å². The zero-order chi connectivity index (χ0) is 14.8. The maximum absolute atomic E-state index is 12.7. The van der Waals surface area contributed by atoms with Gasteiger partial charge in [-0.25, -0.2) is 0 Å². The van der Waals surface area contributed by atoms with Crippen LogP contribution in [-0.2, 0) is 4.79 Å². The van der Waals surface area contributed by atoms with E-state index in [1.54, 1.807) is 0 Å². The number of rotatable bonds is 4. The van der Waals surface area contributed by atoms with E-state index in [2.05, 4.69) is 12.2 Å². The number of hydrogen-bond acceptors (Lipinski definition) is 3. The molecule has 3 aliphatic rings. The highest BCUT2D eigenvalue weighted by atomic mass is 32.2. The monoisotopic (exact) mass is 310 g/mol. The number of carbonyl (C=O) groups is 1. The van der Waals surface area contributed by atoms with Crippen molar-refractivity contribution in [3.05, 3.63) is 0 Å². The number of nitrogens with one attached hydrogen (secondary N) is 1. The van der Waals surface area contributed by atoms with Crippen molar-refractivity contribution < 1.29 is 4.79 Å². The Morgan fingerprint density at radius 2 is 1.81 bits per heavy atom. The molecule has 4 unspecified atom stereocenters. The first-order valence-corrected chi connectivity index (χ1v) is 9.91. The summed E-state index contributed by atoms with van der Waals surface area (Å²) < 4.78 is 0. The predicted molar refractivity (Wildman–Crippen MR) is 89.2 cm³/mol. The van der Waals surface area contributed by atoms with E-state index in [1.807, 2.05) is 11.8 Å². The second-order valence-electron chi connectivity index (χ2n) is 7.24. The van der Waals surface area contributed by atoms with E-state index >= 15 is 0 Å². The van der Waals surface area contributed by atoms with E-state index < -0.39 is 0 Å². The highest BCUT2D eigenvalue weighted by Crippen LogP contribution is 2.42. The van der Waals surface area contributed by atoms with Crippen LogP contribution in [0.2, 0.25) is 0 Å². The minimum atomic E-state index is 0.230. The maximum Gasteiger partial charge on any atom is 0.223 e. The molecule has 4 heteroatoms. The molecule has 4 atom stereocenters. The Bertz CT molecular complexity index is 362. The number of amides is 1. The number of hydrogen-bond donors (Lipinski definition) is 2. The molecule has 3 N–H and O–H groups in total. The SMILES string of the molecule is CCSC1CCCC1NC(=O)C1CC2CCCC(C1)C2N. The predicted octanol–water partition coefficient (Wildman–Crippen LogP) is 2.93. The van der Waals surface area contributed by atoms with Crippen molar-refractivity contribution in [2.75, 3.05) is 5.75 Å². The fourth-order valence-electron chi connectivity index (χ4n) is 4.81. The summed E-state index contributed by atoms with van der Waals surface area (Å²) in [5.41, 5.74) is 6.34. The van der Waals surface area contributed by atoms with Crippen LogP contribution in [0.1, 0.15) is 58.3 Å². The molecular weight excluding hydrogens is 280 g/mol. The highest BCUT2D eigenvalue weighted by molar-refractivity contribution is 7.99. The van der Waals surface area contributed by atoms with Gasteiger partial charge in [0.15, 0.2) is 0 Å². The van der Waals surface area contributed by atoms with Gasteiger partial charge in [0.05, 0.1) is 0 Å². The van der Waals surface area contributed by atoms with Gasteiger partial charge >= 0.3 is 0 Å². The van der Waals surface area contributed by atoms with Gasteiger partial charge in [-0.3, -0.25) is 4.79 Å². The average Bonchev–Trinajstić information content (AvgIpc) is 2.86. The Hall–Kier alpha value is -0.220. The van der Waals surface area contributed by atoms with Gasteiger partial charge < -0.3 is 11.1 Å². The lowest BCUT2D eigenvalue weighted by molar-refractivity contribution is -0.128. The zero-order valence-electron chi connectivity index (χ0n) is 13.2. The lowest BCUT2D eigenvalue weighted by atomic mass is 9.65. The maximum atomic E-state index is 12.7. The molecule has 3 saturated carbocycles. The third-order valence-electron chi connectivity index (χ3n) is 5.94. The summed E-state index contributed by atoms with van der Waals surface area (Å²) in [7, 11) is 0. The molecule has 3 fully saturated rings. The summed E-state index contributed by atoms with van der Waals surface area (Å²) in [6.07, 6.45) is 9.55. The van der Waals surface area contributed by atoms with Gasteiger partial charge in [-0.15, -0.1) is 0 Å². The molecule has 1 amide bonds. The Kier molecular flexibility index (Phi) is 5.15. The average molecular weight is 311 g/mol. The molecule has 3 nitrogen and oxygen atoms in total. The van der Waals surface area contributed by atoms with Gasteiger partial charge in [0, 0.05) is 23.3 Å². The van der Waals surface area contributed by atoms with E-state index in [0.717, 1.165) is 18.6 Å². The molecule has 0 aromatic carbocycles. The first kappa shape index (κ1) is 15.7. The van der Waals surface area contributed by atoms with E-state index in [1.165, 1.54) is 38.5 Å². The molecular formula is C17H30N2OS. The third-order valence-corrected chi connectivity index (χ3v) is 7.27. The summed E-state index contributed by atoms with van der Waals surface area (Å²) >= 11 is 2.02. The molecule has 0 aromatic rings. The number of fused-ring (bicyclic) bond motifs is 2. The Labute approximate surface area is 133 Å². The van der Waals surface area contributed by atoms with Crippen molar-refractivity contribution >= 4 is 17.7 Å². The minimum absolute atomic E-state index is 0.230. The lowest BCUT2D eigenvalue weighted by Gasteiger charge is -2.43. The molecule has 3 aliphatic carbocycles. The summed E-state index contributed by atoms with van der Waals surface area (Å²) in [4.78, 5) is 12.7. The van der Waals surface area contributed by atoms with Crippen molar-refractivity contribution in [2.24, 2.45) is 23.5 Å². The van der Waals surface area contributed by atoms with Crippen LogP contribution in [0.25, 0.3) is 0 Å². The Balaban J connectivity index is 1.56. The molecule has 21 heavy (non-hydrogen) atoms. The van der Waals surface area contributed by atoms with E-state index in [4.69, 9.17) is 5.73 Å². The lowest BCUT2D eigenvalue weighted by Crippen LogP contribution is -2.50. The Morgan fingerprint density at radius 3 is 2.48 bits per heavy atom. The number of thioether (sulfide) groups is 1. The van der Waals surface area contributed by atoms with E-state index in [0.29, 0.717) is 35.1 Å². The van der Waals surface area contributed by atoms with Crippen molar-refractivity contribution in [3.8, 4) is 0 Å². The minimum Gasteiger partial charge on any atom is -0.352 e. The van der Waals surface area contributed by atoms with Crippen LogP contribution in [-0.4, -0.2) is 29.0 Å². The summed E-state index contributed by atoms with van der Waals surface area (Å²) in [5, 5.41) is 4.03. The van der Waals surface area contributed by atoms with Crippen molar-refractivity contribution in [1.82, 2.24) is 5.32 Å². The summed E-state index contributed by atoms with van der Waals surface area (Å²) in [6, 6.07) is 0.774. The standard InChI is InChI=1S/C17H30N2OS/c1-2-21-15-8-4-7-14(15)19-17(20)13-9-11-5-3-6-12(10-13)16(11)18/h11-16H,2-10,18H2,1H3,(H,19,20). The van der Waals surface area contributed by atoms with Crippen molar-refractivity contribution in [3.63, 3.8) is 0 Å². The van der Waals surface area contributed by atoms with Crippen LogP contribution in [0.4, 0.5) is 0 Å². The third kappa shape index (κ3) is 3.42. The molecule has 3 rings (SSSR count). The largest absolute Gasteiger partial charge is 0.352 e. The van der Waals surface area contributed by atoms with Gasteiger partial charge in [-0.05, 0) is 56.1 Å². The molecule has 0 spiro atoms. The topological polar surface area (TPSA) is 55.1 Å². The zero-order valence-corrected chi connectivity index (χ0v) is 14.0. The molecule has 0 heterocycles. The quantitative estimate of drug-likeness (QED) is 0.839. The van der Waals surface area contributed by atoms with Gasteiger partial charge in [0.1, 0.15) is 0 Å². The van der Waals surface area contributed by atoms with Gasteiger partial charge in [-0.2, -0.15) is 11.8 Å². The second kappa shape index (κ2) is 6.91. The molecule has 0 radical (unpaired) electrons. The normalized spacial score (nSPS) is 42.8. The number of nitrogens with two attached hydrogens (primary N) is 1. The smallest absolute Gasteiger partial charge is 0.223 e. The van der Waals surface area contributed by atoms with Crippen LogP contribution >= 0.6 is 11.8 Å². The van der Waals surface area contributed by atoms with Gasteiger partial charge in [0.2, 0.25) is 5.91 Å². The molecule has 0 aromatic heterocycles. The van der Waals surface area contributed by atoms with Gasteiger partial charge in [0.25, 0.3) is 0 Å². The van der Waals surface area contributed by atoms with Crippen LogP contribution < -0.4 is 11.1 Å². The fraction of sp³-hybridized carbons (Fsp3) is 0.941. The van der Waals surface area contributed by atoms with Crippen LogP contribution in [0, 0.1) is 17.8 Å². The van der Waals surface area contributed by atoms with Crippen LogP contribution in [0.3, 0.4) is 0 Å². The first-order valence-electron chi connectivity index (χ1n) is 8.86. The number of carbonyl (C=O) groups excluding carboxylic acids is 1. The fourth-order valence-corrected chi connectivity index (χ4v) is 6.01. The van der Waals surface area contributed by atoms with Crippen molar-refractivity contribution in [1.29, 1.82) is 0 Å². The van der Waals surface area contributed by atoms with Crippen LogP contribution in [0.15, 0.2) is 0 Å². The van der Waals surface area contributed by atoms with Crippen molar-refractivity contribution in [2.45, 2.75) is 75.6 Å². The summed E-state index contributed by atoms with van der Waals surface area (Å²) in [5.74, 6) is 2.90. The molecule has 0 saturated heterocycles. The highest BCUT2D eigenvalue weighted by Gasteiger charge is 2.41. The summed E-state index contributed by atoms with van der Waals surface area (Å²) in [6.45, 7) is 2.21. The van der Waals surface area contributed by atoms with Gasteiger partial charge in [-0.1, -0.05) is 19.8 Å². The second-order valence-corrected chi connectivity index (χ2v) is 8.75. The van der Waals surface area contributed by atoms with E-state index in [9.17, 15) is 4.79 Å². The molecule has 0 aliphatic heterocycles. The first-order chi connectivity index (χ1) is 10.2. The van der Waals surface area contributed by atoms with Crippen LogP contribution in [0.5, 0.6) is 0 Å².